The molecule has 104 valence electrons. The van der Waals surface area contributed by atoms with E-state index in [9.17, 15) is 13.2 Å². The smallest absolute Gasteiger partial charge is 0.238 e. The van der Waals surface area contributed by atoms with Crippen molar-refractivity contribution in [1.29, 1.82) is 0 Å². The third-order valence-corrected chi connectivity index (χ3v) is 3.73. The van der Waals surface area contributed by atoms with E-state index in [4.69, 9.17) is 23.1 Å². The molecule has 0 saturated carbocycles. The Morgan fingerprint density at radius 1 is 1.37 bits per heavy atom. The van der Waals surface area contributed by atoms with Gasteiger partial charge in [-0.3, -0.25) is 4.79 Å². The van der Waals surface area contributed by atoms with Gasteiger partial charge in [0.25, 0.3) is 0 Å². The first-order chi connectivity index (χ1) is 8.75. The largest absolute Gasteiger partial charge is 0.393 e. The van der Waals surface area contributed by atoms with Gasteiger partial charge in [-0.15, -0.1) is 0 Å². The molecule has 0 aromatic heterocycles. The number of nitrogens with one attached hydrogen (secondary N) is 1. The summed E-state index contributed by atoms with van der Waals surface area (Å²) in [7, 11) is -3.74. The van der Waals surface area contributed by atoms with Crippen molar-refractivity contribution < 1.29 is 13.2 Å². The van der Waals surface area contributed by atoms with Crippen LogP contribution in [-0.2, 0) is 14.8 Å². The Hall–Kier alpha value is -1.51. The SMILES string of the molecule is CCC(C(=O)Nc1ccc(S(N)(=O)=O)cc1)C(N)=S. The number of hydrogen-bond donors (Lipinski definition) is 3. The third-order valence-electron chi connectivity index (χ3n) is 2.52. The van der Waals surface area contributed by atoms with Gasteiger partial charge in [-0.1, -0.05) is 19.1 Å². The van der Waals surface area contributed by atoms with Gasteiger partial charge in [-0.2, -0.15) is 0 Å². The van der Waals surface area contributed by atoms with Crippen LogP contribution in [0.15, 0.2) is 29.2 Å². The Kier molecular flexibility index (Phi) is 4.98. The normalized spacial score (nSPS) is 12.7. The lowest BCUT2D eigenvalue weighted by Gasteiger charge is -2.13. The van der Waals surface area contributed by atoms with E-state index in [-0.39, 0.29) is 15.8 Å². The first-order valence-electron chi connectivity index (χ1n) is 5.48. The predicted octanol–water partition coefficient (Wildman–Crippen LogP) is 0.585. The molecule has 1 aromatic rings. The molecule has 0 heterocycles. The molecule has 19 heavy (non-hydrogen) atoms. The first-order valence-corrected chi connectivity index (χ1v) is 7.44. The molecule has 8 heteroatoms. The lowest BCUT2D eigenvalue weighted by Crippen LogP contribution is -2.32. The fourth-order valence-corrected chi connectivity index (χ4v) is 2.26. The van der Waals surface area contributed by atoms with Gasteiger partial charge in [0, 0.05) is 5.69 Å². The number of thiocarbonyl (C=S) groups is 1. The van der Waals surface area contributed by atoms with Crippen molar-refractivity contribution in [3.63, 3.8) is 0 Å². The van der Waals surface area contributed by atoms with Gasteiger partial charge < -0.3 is 11.1 Å². The predicted molar refractivity (Wildman–Crippen MR) is 77.0 cm³/mol. The van der Waals surface area contributed by atoms with Crippen LogP contribution in [0.3, 0.4) is 0 Å². The molecule has 0 bridgehead atoms. The second-order valence-corrected chi connectivity index (χ2v) is 5.95. The summed E-state index contributed by atoms with van der Waals surface area (Å²) in [5.41, 5.74) is 5.91. The van der Waals surface area contributed by atoms with Crippen molar-refractivity contribution in [1.82, 2.24) is 0 Å². The minimum absolute atomic E-state index is 0.0214. The van der Waals surface area contributed by atoms with Gasteiger partial charge in [-0.05, 0) is 30.7 Å². The maximum absolute atomic E-state index is 11.8. The van der Waals surface area contributed by atoms with Crippen LogP contribution < -0.4 is 16.2 Å². The minimum atomic E-state index is -3.74. The highest BCUT2D eigenvalue weighted by atomic mass is 32.2. The average molecular weight is 301 g/mol. The summed E-state index contributed by atoms with van der Waals surface area (Å²) in [5.74, 6) is -0.869. The van der Waals surface area contributed by atoms with Crippen LogP contribution >= 0.6 is 12.2 Å². The van der Waals surface area contributed by atoms with Crippen LogP contribution in [0.2, 0.25) is 0 Å². The van der Waals surface area contributed by atoms with Crippen molar-refractivity contribution in [2.75, 3.05) is 5.32 Å². The van der Waals surface area contributed by atoms with Crippen LogP contribution in [-0.4, -0.2) is 19.3 Å². The van der Waals surface area contributed by atoms with Gasteiger partial charge in [0.05, 0.1) is 15.8 Å². The first kappa shape index (κ1) is 15.5. The topological polar surface area (TPSA) is 115 Å². The van der Waals surface area contributed by atoms with Crippen LogP contribution in [0.4, 0.5) is 5.69 Å². The maximum Gasteiger partial charge on any atom is 0.238 e. The number of carbonyl (C=O) groups is 1. The van der Waals surface area contributed by atoms with Crippen molar-refractivity contribution in [3.05, 3.63) is 24.3 Å². The van der Waals surface area contributed by atoms with Gasteiger partial charge in [0.1, 0.15) is 0 Å². The summed E-state index contributed by atoms with van der Waals surface area (Å²) < 4.78 is 22.1. The minimum Gasteiger partial charge on any atom is -0.393 e. The van der Waals surface area contributed by atoms with E-state index < -0.39 is 15.9 Å². The zero-order valence-corrected chi connectivity index (χ0v) is 11.9. The number of anilines is 1. The van der Waals surface area contributed by atoms with Gasteiger partial charge >= 0.3 is 0 Å². The van der Waals surface area contributed by atoms with E-state index >= 15 is 0 Å². The van der Waals surface area contributed by atoms with Gasteiger partial charge in [0.15, 0.2) is 0 Å². The third kappa shape index (κ3) is 4.27. The highest BCUT2D eigenvalue weighted by molar-refractivity contribution is 7.89. The van der Waals surface area contributed by atoms with Crippen molar-refractivity contribution in [3.8, 4) is 0 Å². The zero-order chi connectivity index (χ0) is 14.6. The molecule has 1 amide bonds. The lowest BCUT2D eigenvalue weighted by atomic mass is 10.1. The monoisotopic (exact) mass is 301 g/mol. The molecule has 0 saturated heterocycles. The van der Waals surface area contributed by atoms with E-state index in [0.717, 1.165) is 0 Å². The molecule has 5 N–H and O–H groups in total. The molecule has 1 atom stereocenters. The van der Waals surface area contributed by atoms with Gasteiger partial charge in [-0.25, -0.2) is 13.6 Å². The highest BCUT2D eigenvalue weighted by Gasteiger charge is 2.19. The number of sulfonamides is 1. The van der Waals surface area contributed by atoms with Crippen LogP contribution in [0.5, 0.6) is 0 Å². The number of nitrogens with two attached hydrogens (primary N) is 2. The Morgan fingerprint density at radius 3 is 2.26 bits per heavy atom. The summed E-state index contributed by atoms with van der Waals surface area (Å²) in [6.45, 7) is 1.80. The van der Waals surface area contributed by atoms with E-state index in [0.29, 0.717) is 12.1 Å². The van der Waals surface area contributed by atoms with Crippen LogP contribution in [0.25, 0.3) is 0 Å². The molecule has 0 spiro atoms. The zero-order valence-electron chi connectivity index (χ0n) is 10.3. The molecule has 1 unspecified atom stereocenters. The second-order valence-electron chi connectivity index (χ2n) is 3.92. The molecule has 6 nitrogen and oxygen atoms in total. The van der Waals surface area contributed by atoms with E-state index in [1.54, 1.807) is 6.92 Å². The lowest BCUT2D eigenvalue weighted by molar-refractivity contribution is -0.118. The molecule has 0 aliphatic heterocycles. The standard InChI is InChI=1S/C11H15N3O3S2/c1-2-9(10(12)18)11(15)14-7-3-5-8(6-4-7)19(13,16)17/h3-6,9H,2H2,1H3,(H2,12,18)(H,14,15)(H2,13,16,17). The molecule has 0 aliphatic carbocycles. The van der Waals surface area contributed by atoms with Crippen molar-refractivity contribution in [2.45, 2.75) is 18.2 Å². The summed E-state index contributed by atoms with van der Waals surface area (Å²) >= 11 is 4.80. The summed E-state index contributed by atoms with van der Waals surface area (Å²) in [5, 5.41) is 7.58. The van der Waals surface area contributed by atoms with E-state index in [1.165, 1.54) is 24.3 Å². The quantitative estimate of drug-likeness (QED) is 0.688. The number of rotatable bonds is 5. The molecule has 1 rings (SSSR count). The molecular weight excluding hydrogens is 286 g/mol. The number of benzene rings is 1. The molecule has 0 aliphatic rings. The Labute approximate surface area is 117 Å². The average Bonchev–Trinajstić information content (AvgIpc) is 2.28. The Balaban J connectivity index is 2.84. The second kappa shape index (κ2) is 6.09. The fourth-order valence-electron chi connectivity index (χ4n) is 1.47. The maximum atomic E-state index is 11.8. The molecule has 1 aromatic carbocycles. The highest BCUT2D eigenvalue weighted by Crippen LogP contribution is 2.14. The van der Waals surface area contributed by atoms with E-state index in [1.807, 2.05) is 0 Å². The van der Waals surface area contributed by atoms with Crippen LogP contribution in [0.1, 0.15) is 13.3 Å². The van der Waals surface area contributed by atoms with Crippen LogP contribution in [0, 0.1) is 5.92 Å². The molecule has 0 radical (unpaired) electrons. The van der Waals surface area contributed by atoms with Crippen molar-refractivity contribution in [2.24, 2.45) is 16.8 Å². The van der Waals surface area contributed by atoms with Gasteiger partial charge in [0.2, 0.25) is 15.9 Å². The molecular formula is C11H15N3O3S2. The number of amides is 1. The van der Waals surface area contributed by atoms with Crippen molar-refractivity contribution >= 4 is 38.8 Å². The number of hydrogen-bond acceptors (Lipinski definition) is 4. The van der Waals surface area contributed by atoms with E-state index in [2.05, 4.69) is 5.32 Å². The summed E-state index contributed by atoms with van der Waals surface area (Å²) in [6.07, 6.45) is 0.496. The Bertz CT molecular complexity index is 582. The summed E-state index contributed by atoms with van der Waals surface area (Å²) in [6, 6.07) is 5.52. The number of primary sulfonamides is 1. The summed E-state index contributed by atoms with van der Waals surface area (Å²) in [4.78, 5) is 12.0. The number of carbonyl (C=O) groups excluding carboxylic acids is 1. The molecule has 0 fully saturated rings. The Morgan fingerprint density at radius 2 is 1.89 bits per heavy atom. The fraction of sp³-hybridized carbons (Fsp3) is 0.273.